The van der Waals surface area contributed by atoms with E-state index in [1.54, 1.807) is 18.7 Å². The molecule has 0 unspecified atom stereocenters. The molecule has 0 aliphatic carbocycles. The Morgan fingerprint density at radius 3 is 2.33 bits per heavy atom. The average Bonchev–Trinajstić information content (AvgIpc) is 2.80. The van der Waals surface area contributed by atoms with E-state index in [0.717, 1.165) is 20.3 Å². The number of likely N-dealkylation sites (N-methyl/N-ethyl adjacent to an activating group) is 1. The third-order valence-electron chi connectivity index (χ3n) is 2.87. The lowest BCUT2D eigenvalue weighted by molar-refractivity contribution is -0.225. The fourth-order valence-electron chi connectivity index (χ4n) is 1.75. The van der Waals surface area contributed by atoms with E-state index in [9.17, 15) is 18.0 Å². The largest absolute Gasteiger partial charge is 0.466 e. The van der Waals surface area contributed by atoms with Gasteiger partial charge in [-0.15, -0.1) is 0 Å². The molecule has 0 saturated carbocycles. The average molecular weight is 326 g/mol. The summed E-state index contributed by atoms with van der Waals surface area (Å²) in [6.07, 6.45) is -3.72. The van der Waals surface area contributed by atoms with Crippen molar-refractivity contribution in [3.63, 3.8) is 0 Å². The fraction of sp³-hybridized carbons (Fsp3) is 0.667. The number of amidine groups is 1. The number of ether oxygens (including phenoxy) is 2. The quantitative estimate of drug-likeness (QED) is 0.586. The van der Waals surface area contributed by atoms with Crippen molar-refractivity contribution in [2.75, 3.05) is 27.3 Å². The lowest BCUT2D eigenvalue weighted by Gasteiger charge is -2.25. The third kappa shape index (κ3) is 3.52. The Balaban J connectivity index is 3.33. The maximum Gasteiger partial charge on any atom is 0.449 e. The highest BCUT2D eigenvalue weighted by Crippen LogP contribution is 2.51. The molecule has 0 radical (unpaired) electrons. The molecule has 9 heteroatoms. The van der Waals surface area contributed by atoms with Crippen molar-refractivity contribution in [3.05, 3.63) is 11.0 Å². The topological polar surface area (TPSA) is 51.1 Å². The van der Waals surface area contributed by atoms with Gasteiger partial charge in [0.05, 0.1) is 12.0 Å². The van der Waals surface area contributed by atoms with Gasteiger partial charge in [0.1, 0.15) is 5.84 Å². The van der Waals surface area contributed by atoms with Gasteiger partial charge in [-0.2, -0.15) is 13.2 Å². The molecule has 120 valence electrons. The van der Waals surface area contributed by atoms with Crippen LogP contribution in [0.2, 0.25) is 0 Å². The summed E-state index contributed by atoms with van der Waals surface area (Å²) in [5.74, 6) is -0.666. The van der Waals surface area contributed by atoms with Gasteiger partial charge < -0.3 is 14.4 Å². The van der Waals surface area contributed by atoms with Crippen LogP contribution < -0.4 is 0 Å². The second kappa shape index (κ2) is 6.69. The van der Waals surface area contributed by atoms with Crippen LogP contribution >= 0.6 is 11.8 Å². The summed E-state index contributed by atoms with van der Waals surface area (Å²) in [6, 6.07) is 0. The molecular formula is C12H17F3N2O3S. The van der Waals surface area contributed by atoms with Gasteiger partial charge in [-0.25, -0.2) is 9.79 Å². The molecular weight excluding hydrogens is 309 g/mol. The second-order valence-electron chi connectivity index (χ2n) is 4.03. The molecule has 1 aliphatic rings. The van der Waals surface area contributed by atoms with Crippen LogP contribution in [0.5, 0.6) is 0 Å². The predicted octanol–water partition coefficient (Wildman–Crippen LogP) is 2.39. The maximum atomic E-state index is 13.2. The number of carbonyl (C=O) groups is 1. The van der Waals surface area contributed by atoms with E-state index in [0.29, 0.717) is 24.9 Å². The number of hydrogen-bond acceptors (Lipinski definition) is 6. The molecule has 1 rings (SSSR count). The van der Waals surface area contributed by atoms with Crippen molar-refractivity contribution in [2.45, 2.75) is 25.1 Å². The molecule has 0 aromatic carbocycles. The van der Waals surface area contributed by atoms with Gasteiger partial charge >= 0.3 is 17.2 Å². The van der Waals surface area contributed by atoms with Crippen molar-refractivity contribution >= 4 is 23.6 Å². The van der Waals surface area contributed by atoms with Gasteiger partial charge in [0.15, 0.2) is 0 Å². The minimum atomic E-state index is -4.71. The van der Waals surface area contributed by atoms with Crippen LogP contribution in [-0.2, 0) is 14.3 Å². The molecule has 0 fully saturated rings. The third-order valence-corrected chi connectivity index (χ3v) is 4.16. The van der Waals surface area contributed by atoms with Gasteiger partial charge in [-0.3, -0.25) is 0 Å². The van der Waals surface area contributed by atoms with Crippen LogP contribution in [0, 0.1) is 0 Å². The number of rotatable bonds is 4. The maximum absolute atomic E-state index is 13.2. The molecule has 0 N–H and O–H groups in total. The summed E-state index contributed by atoms with van der Waals surface area (Å²) >= 11 is 0.344. The minimum Gasteiger partial charge on any atom is -0.466 e. The molecule has 1 aliphatic heterocycles. The van der Waals surface area contributed by atoms with E-state index in [4.69, 9.17) is 0 Å². The van der Waals surface area contributed by atoms with E-state index in [-0.39, 0.29) is 10.7 Å². The standard InChI is InChI=1S/C12H17F3N2O3S/c1-5-17(6-2)10-8(7-9(18)19-3)21-12(16-10,20-4)11(13,14)15/h7H,5-6H2,1-4H3/b8-7-/t12-/m0/s1. The molecule has 0 bridgehead atoms. The lowest BCUT2D eigenvalue weighted by atomic mass is 10.3. The zero-order valence-corrected chi connectivity index (χ0v) is 13.0. The van der Waals surface area contributed by atoms with Crippen molar-refractivity contribution in [2.24, 2.45) is 4.99 Å². The monoisotopic (exact) mass is 326 g/mol. The highest BCUT2D eigenvalue weighted by atomic mass is 32.2. The Labute approximate surface area is 125 Å². The van der Waals surface area contributed by atoms with E-state index in [1.807, 2.05) is 0 Å². The minimum absolute atomic E-state index is 0.0738. The number of carbonyl (C=O) groups excluding carboxylic acids is 1. The highest BCUT2D eigenvalue weighted by molar-refractivity contribution is 8.05. The first-order valence-corrected chi connectivity index (χ1v) is 7.02. The first kappa shape index (κ1) is 17.8. The SMILES string of the molecule is CCN(CC)C1=N[C@](OC)(C(F)(F)F)S/C1=C\C(=O)OC. The van der Waals surface area contributed by atoms with Crippen LogP contribution in [0.3, 0.4) is 0 Å². The van der Waals surface area contributed by atoms with Crippen LogP contribution in [0.25, 0.3) is 0 Å². The molecule has 21 heavy (non-hydrogen) atoms. The molecule has 0 spiro atoms. The number of aliphatic imine (C=N–C) groups is 1. The summed E-state index contributed by atoms with van der Waals surface area (Å²) in [5, 5.41) is -2.73. The van der Waals surface area contributed by atoms with Gasteiger partial charge in [-0.05, 0) is 13.8 Å². The molecule has 1 atom stereocenters. The smallest absolute Gasteiger partial charge is 0.449 e. The summed E-state index contributed by atoms with van der Waals surface area (Å²) in [7, 11) is 2.09. The van der Waals surface area contributed by atoms with Crippen molar-refractivity contribution < 1.29 is 27.4 Å². The molecule has 0 aromatic rings. The van der Waals surface area contributed by atoms with Crippen LogP contribution in [-0.4, -0.2) is 55.2 Å². The van der Waals surface area contributed by atoms with Crippen molar-refractivity contribution in [3.8, 4) is 0 Å². The van der Waals surface area contributed by atoms with Gasteiger partial charge in [0.2, 0.25) is 0 Å². The van der Waals surface area contributed by atoms with Gasteiger partial charge in [-0.1, -0.05) is 11.8 Å². The van der Waals surface area contributed by atoms with Gasteiger partial charge in [0, 0.05) is 26.3 Å². The lowest BCUT2D eigenvalue weighted by Crippen LogP contribution is -2.41. The molecule has 1 heterocycles. The second-order valence-corrected chi connectivity index (χ2v) is 5.22. The van der Waals surface area contributed by atoms with E-state index < -0.39 is 17.2 Å². The van der Waals surface area contributed by atoms with E-state index >= 15 is 0 Å². The van der Waals surface area contributed by atoms with Crippen LogP contribution in [0.15, 0.2) is 16.0 Å². The number of nitrogens with zero attached hydrogens (tertiary/aromatic N) is 2. The van der Waals surface area contributed by atoms with Crippen LogP contribution in [0.4, 0.5) is 13.2 Å². The number of hydrogen-bond donors (Lipinski definition) is 0. The first-order valence-electron chi connectivity index (χ1n) is 6.20. The Bertz CT molecular complexity index is 461. The van der Waals surface area contributed by atoms with Crippen molar-refractivity contribution in [1.82, 2.24) is 4.90 Å². The highest BCUT2D eigenvalue weighted by Gasteiger charge is 2.61. The summed E-state index contributed by atoms with van der Waals surface area (Å²) in [6.45, 7) is 4.47. The summed E-state index contributed by atoms with van der Waals surface area (Å²) in [4.78, 5) is 16.7. The molecule has 0 amide bonds. The zero-order valence-electron chi connectivity index (χ0n) is 12.2. The van der Waals surface area contributed by atoms with Gasteiger partial charge in [0.25, 0.3) is 0 Å². The number of alkyl halides is 3. The number of methoxy groups -OCH3 is 2. The number of esters is 1. The molecule has 0 saturated heterocycles. The Morgan fingerprint density at radius 1 is 1.38 bits per heavy atom. The Morgan fingerprint density at radius 2 is 1.95 bits per heavy atom. The normalized spacial score (nSPS) is 24.1. The number of thioether (sulfide) groups is 1. The number of halogens is 3. The van der Waals surface area contributed by atoms with Crippen LogP contribution in [0.1, 0.15) is 13.8 Å². The fourth-order valence-corrected chi connectivity index (χ4v) is 2.80. The van der Waals surface area contributed by atoms with E-state index in [1.165, 1.54) is 0 Å². The Kier molecular flexibility index (Phi) is 5.68. The van der Waals surface area contributed by atoms with Crippen molar-refractivity contribution in [1.29, 1.82) is 0 Å². The summed E-state index contributed by atoms with van der Waals surface area (Å²) < 4.78 is 48.8. The Hall–Kier alpha value is -1.22. The molecule has 0 aromatic heterocycles. The summed E-state index contributed by atoms with van der Waals surface area (Å²) in [5.41, 5.74) is 0. The zero-order chi connectivity index (χ0) is 16.3. The first-order chi connectivity index (χ1) is 9.74. The molecule has 5 nitrogen and oxygen atoms in total. The predicted molar refractivity (Wildman–Crippen MR) is 73.8 cm³/mol. The van der Waals surface area contributed by atoms with E-state index in [2.05, 4.69) is 14.5 Å².